The first-order valence-electron chi connectivity index (χ1n) is 4.28. The molecule has 3 heterocycles. The van der Waals surface area contributed by atoms with Crippen molar-refractivity contribution in [1.29, 1.82) is 0 Å². The minimum atomic E-state index is 0.0584. The summed E-state index contributed by atoms with van der Waals surface area (Å²) < 4.78 is 16.5. The van der Waals surface area contributed by atoms with Crippen LogP contribution in [0.1, 0.15) is 12.8 Å². The fraction of sp³-hybridized carbons (Fsp3) is 1.00. The number of fused-ring (bicyclic) bond motifs is 2. The van der Waals surface area contributed by atoms with Crippen molar-refractivity contribution in [2.24, 2.45) is 0 Å². The van der Waals surface area contributed by atoms with Gasteiger partial charge in [0.25, 0.3) is 0 Å². The standard InChI is InChI=1S/C8H12O3/c1-3-9-4-2-8(1)7-6(11-7)5-10-8/h6-7H,1-5H2. The average molecular weight is 156 g/mol. The molecule has 3 nitrogen and oxygen atoms in total. The lowest BCUT2D eigenvalue weighted by molar-refractivity contribution is -0.117. The Hall–Kier alpha value is -0.120. The van der Waals surface area contributed by atoms with E-state index in [0.29, 0.717) is 12.2 Å². The summed E-state index contributed by atoms with van der Waals surface area (Å²) in [6, 6.07) is 0. The molecule has 3 aliphatic heterocycles. The zero-order valence-electron chi connectivity index (χ0n) is 6.41. The van der Waals surface area contributed by atoms with Gasteiger partial charge < -0.3 is 14.2 Å². The predicted molar refractivity (Wildman–Crippen MR) is 37.4 cm³/mol. The third-order valence-corrected chi connectivity index (χ3v) is 2.98. The van der Waals surface area contributed by atoms with Crippen LogP contribution < -0.4 is 0 Å². The Bertz CT molecular complexity index is 174. The first kappa shape index (κ1) is 6.40. The van der Waals surface area contributed by atoms with Crippen molar-refractivity contribution in [2.75, 3.05) is 19.8 Å². The zero-order valence-corrected chi connectivity index (χ0v) is 6.41. The molecule has 2 atom stereocenters. The molecule has 3 saturated heterocycles. The van der Waals surface area contributed by atoms with Gasteiger partial charge in [-0.3, -0.25) is 0 Å². The van der Waals surface area contributed by atoms with Crippen molar-refractivity contribution in [3.8, 4) is 0 Å². The van der Waals surface area contributed by atoms with E-state index in [9.17, 15) is 0 Å². The summed E-state index contributed by atoms with van der Waals surface area (Å²) in [4.78, 5) is 0. The van der Waals surface area contributed by atoms with E-state index in [4.69, 9.17) is 14.2 Å². The third-order valence-electron chi connectivity index (χ3n) is 2.98. The highest BCUT2D eigenvalue weighted by Crippen LogP contribution is 2.47. The molecule has 0 aliphatic carbocycles. The lowest BCUT2D eigenvalue weighted by atomic mass is 9.91. The van der Waals surface area contributed by atoms with Crippen LogP contribution in [0.5, 0.6) is 0 Å². The fourth-order valence-corrected chi connectivity index (χ4v) is 2.21. The summed E-state index contributed by atoms with van der Waals surface area (Å²) >= 11 is 0. The molecule has 0 aromatic carbocycles. The second-order valence-electron chi connectivity index (χ2n) is 3.58. The lowest BCUT2D eigenvalue weighted by Crippen LogP contribution is -2.41. The molecule has 3 fully saturated rings. The van der Waals surface area contributed by atoms with Crippen LogP contribution in [-0.4, -0.2) is 37.6 Å². The topological polar surface area (TPSA) is 31.0 Å². The third kappa shape index (κ3) is 0.789. The van der Waals surface area contributed by atoms with Gasteiger partial charge in [0, 0.05) is 26.1 Å². The molecule has 62 valence electrons. The van der Waals surface area contributed by atoms with Gasteiger partial charge in [-0.25, -0.2) is 0 Å². The van der Waals surface area contributed by atoms with Gasteiger partial charge >= 0.3 is 0 Å². The molecule has 0 saturated carbocycles. The van der Waals surface area contributed by atoms with Crippen molar-refractivity contribution < 1.29 is 14.2 Å². The largest absolute Gasteiger partial charge is 0.381 e. The van der Waals surface area contributed by atoms with Crippen LogP contribution in [0.3, 0.4) is 0 Å². The summed E-state index contributed by atoms with van der Waals surface area (Å²) in [7, 11) is 0. The molecule has 3 rings (SSSR count). The summed E-state index contributed by atoms with van der Waals surface area (Å²) in [5.41, 5.74) is 0.0584. The normalized spacial score (nSPS) is 45.8. The van der Waals surface area contributed by atoms with E-state index in [1.54, 1.807) is 0 Å². The highest BCUT2D eigenvalue weighted by molar-refractivity contribution is 5.08. The summed E-state index contributed by atoms with van der Waals surface area (Å²) in [5, 5.41) is 0. The number of hydrogen-bond donors (Lipinski definition) is 0. The van der Waals surface area contributed by atoms with Gasteiger partial charge in [0.2, 0.25) is 0 Å². The Morgan fingerprint density at radius 2 is 2.00 bits per heavy atom. The molecule has 0 amide bonds. The van der Waals surface area contributed by atoms with Crippen molar-refractivity contribution in [3.05, 3.63) is 0 Å². The predicted octanol–water partition coefficient (Wildman–Crippen LogP) is 0.333. The highest BCUT2D eigenvalue weighted by Gasteiger charge is 2.61. The molecule has 2 unspecified atom stereocenters. The van der Waals surface area contributed by atoms with Crippen LogP contribution in [0.4, 0.5) is 0 Å². The monoisotopic (exact) mass is 156 g/mol. The molecular formula is C8H12O3. The van der Waals surface area contributed by atoms with Crippen LogP contribution in [0.15, 0.2) is 0 Å². The first-order valence-corrected chi connectivity index (χ1v) is 4.28. The second kappa shape index (κ2) is 1.97. The molecule has 0 radical (unpaired) electrons. The van der Waals surface area contributed by atoms with Gasteiger partial charge in [0.05, 0.1) is 6.61 Å². The molecule has 1 spiro atoms. The fourth-order valence-electron chi connectivity index (χ4n) is 2.21. The van der Waals surface area contributed by atoms with Crippen molar-refractivity contribution in [3.63, 3.8) is 0 Å². The van der Waals surface area contributed by atoms with Crippen molar-refractivity contribution >= 4 is 0 Å². The van der Waals surface area contributed by atoms with E-state index in [-0.39, 0.29) is 5.60 Å². The summed E-state index contributed by atoms with van der Waals surface area (Å²) in [6.07, 6.45) is 2.88. The maximum atomic E-state index is 5.74. The van der Waals surface area contributed by atoms with E-state index in [1.807, 2.05) is 0 Å². The van der Waals surface area contributed by atoms with Crippen LogP contribution in [0.2, 0.25) is 0 Å². The average Bonchev–Trinajstić information content (AvgIpc) is 2.77. The SMILES string of the molecule is C1CC2(CCO1)OCC1OC12. The van der Waals surface area contributed by atoms with Gasteiger partial charge in [0.15, 0.2) is 0 Å². The molecule has 0 aromatic heterocycles. The van der Waals surface area contributed by atoms with Crippen LogP contribution in [0, 0.1) is 0 Å². The Morgan fingerprint density at radius 1 is 1.18 bits per heavy atom. The molecular weight excluding hydrogens is 144 g/mol. The van der Waals surface area contributed by atoms with Crippen molar-refractivity contribution in [2.45, 2.75) is 30.7 Å². The number of rotatable bonds is 0. The van der Waals surface area contributed by atoms with Crippen LogP contribution in [-0.2, 0) is 14.2 Å². The first-order chi connectivity index (χ1) is 5.41. The van der Waals surface area contributed by atoms with Crippen LogP contribution >= 0.6 is 0 Å². The maximum absolute atomic E-state index is 5.74. The highest BCUT2D eigenvalue weighted by atomic mass is 16.7. The van der Waals surface area contributed by atoms with Gasteiger partial charge in [-0.05, 0) is 0 Å². The van der Waals surface area contributed by atoms with Crippen molar-refractivity contribution in [1.82, 2.24) is 0 Å². The summed E-state index contributed by atoms with van der Waals surface area (Å²) in [6.45, 7) is 2.49. The molecule has 3 aliphatic rings. The van der Waals surface area contributed by atoms with Gasteiger partial charge in [-0.1, -0.05) is 0 Å². The quantitative estimate of drug-likeness (QED) is 0.474. The van der Waals surface area contributed by atoms with E-state index >= 15 is 0 Å². The molecule has 0 N–H and O–H groups in total. The zero-order chi connectivity index (χ0) is 7.31. The Morgan fingerprint density at radius 3 is 2.55 bits per heavy atom. The van der Waals surface area contributed by atoms with E-state index in [1.165, 1.54) is 0 Å². The van der Waals surface area contributed by atoms with Crippen LogP contribution in [0.25, 0.3) is 0 Å². The van der Waals surface area contributed by atoms with E-state index in [0.717, 1.165) is 32.7 Å². The Labute approximate surface area is 65.6 Å². The number of hydrogen-bond acceptors (Lipinski definition) is 3. The molecule has 3 heteroatoms. The number of ether oxygens (including phenoxy) is 3. The maximum Gasteiger partial charge on any atom is 0.116 e. The molecule has 0 bridgehead atoms. The van der Waals surface area contributed by atoms with E-state index < -0.39 is 0 Å². The molecule has 0 aromatic rings. The van der Waals surface area contributed by atoms with Gasteiger partial charge in [-0.2, -0.15) is 0 Å². The van der Waals surface area contributed by atoms with Gasteiger partial charge in [0.1, 0.15) is 17.8 Å². The second-order valence-corrected chi connectivity index (χ2v) is 3.58. The Kier molecular flexibility index (Phi) is 1.15. The smallest absolute Gasteiger partial charge is 0.116 e. The Balaban J connectivity index is 1.81. The lowest BCUT2D eigenvalue weighted by Gasteiger charge is -2.32. The minimum absolute atomic E-state index is 0.0584. The number of epoxide rings is 1. The molecule has 11 heavy (non-hydrogen) atoms. The van der Waals surface area contributed by atoms with E-state index in [2.05, 4.69) is 0 Å². The van der Waals surface area contributed by atoms with Gasteiger partial charge in [-0.15, -0.1) is 0 Å². The minimum Gasteiger partial charge on any atom is -0.381 e. The summed E-state index contributed by atoms with van der Waals surface area (Å²) in [5.74, 6) is 0.